The topological polar surface area (TPSA) is 124 Å². The van der Waals surface area contributed by atoms with Crippen molar-refractivity contribution in [3.05, 3.63) is 0 Å². The molecule has 0 heterocycles. The molecule has 0 bridgehead atoms. The quantitative estimate of drug-likeness (QED) is 0.444. The third-order valence-corrected chi connectivity index (χ3v) is 2.28. The molecule has 22 heavy (non-hydrogen) atoms. The molecule has 9 nitrogen and oxygen atoms in total. The van der Waals surface area contributed by atoms with E-state index in [0.29, 0.717) is 0 Å². The molecule has 0 fully saturated rings. The number of nitrogens with zero attached hydrogens (tertiary/aromatic N) is 3. The zero-order valence-electron chi connectivity index (χ0n) is 13.0. The van der Waals surface area contributed by atoms with Crippen LogP contribution in [0, 0.1) is 5.92 Å². The number of carbonyl (C=O) groups excluding carboxylic acids is 3. The van der Waals surface area contributed by atoms with Crippen molar-refractivity contribution >= 4 is 36.4 Å². The van der Waals surface area contributed by atoms with E-state index in [4.69, 9.17) is 0 Å². The van der Waals surface area contributed by atoms with Crippen molar-refractivity contribution in [2.24, 2.45) is 20.9 Å². The maximum absolute atomic E-state index is 11.1. The lowest BCUT2D eigenvalue weighted by atomic mass is 10.2. The molecule has 0 aliphatic rings. The molecular formula is C13H22N6O3. The van der Waals surface area contributed by atoms with Crippen molar-refractivity contribution in [2.45, 2.75) is 6.92 Å². The summed E-state index contributed by atoms with van der Waals surface area (Å²) in [6.45, 7) is 1.52. The van der Waals surface area contributed by atoms with Gasteiger partial charge in [-0.1, -0.05) is 0 Å². The lowest BCUT2D eigenvalue weighted by Gasteiger charge is -2.01. The Labute approximate surface area is 129 Å². The van der Waals surface area contributed by atoms with Crippen LogP contribution in [0.2, 0.25) is 0 Å². The predicted molar refractivity (Wildman–Crippen MR) is 85.5 cm³/mol. The van der Waals surface area contributed by atoms with Gasteiger partial charge in [0.05, 0.1) is 5.92 Å². The highest BCUT2D eigenvalue weighted by Gasteiger charge is 2.00. The van der Waals surface area contributed by atoms with Crippen molar-refractivity contribution in [2.75, 3.05) is 33.9 Å². The standard InChI is InChI=1S/C13H22N6O3/c1-10(20)19-9-18-6-11(4-16-7-12(21)14-2)5-17-8-13(22)15-3/h4-6,11H,7-9H2,1-3H3,(H,14,21)(H,15,22)(H,19,20). The smallest absolute Gasteiger partial charge is 0.241 e. The largest absolute Gasteiger partial charge is 0.358 e. The second-order valence-corrected chi connectivity index (χ2v) is 4.13. The Morgan fingerprint density at radius 3 is 1.77 bits per heavy atom. The summed E-state index contributed by atoms with van der Waals surface area (Å²) in [5.74, 6) is -0.988. The maximum atomic E-state index is 11.1. The van der Waals surface area contributed by atoms with Gasteiger partial charge in [0.1, 0.15) is 19.8 Å². The van der Waals surface area contributed by atoms with Gasteiger partial charge >= 0.3 is 0 Å². The first-order valence-electron chi connectivity index (χ1n) is 6.65. The van der Waals surface area contributed by atoms with Gasteiger partial charge in [-0.25, -0.2) is 0 Å². The fourth-order valence-corrected chi connectivity index (χ4v) is 1.12. The summed E-state index contributed by atoms with van der Waals surface area (Å²) in [6.07, 6.45) is 4.52. The average Bonchev–Trinajstić information content (AvgIpc) is 2.50. The number of hydrogen-bond acceptors (Lipinski definition) is 6. The average molecular weight is 310 g/mol. The van der Waals surface area contributed by atoms with Crippen LogP contribution in [0.5, 0.6) is 0 Å². The summed E-state index contributed by atoms with van der Waals surface area (Å²) in [4.78, 5) is 44.8. The highest BCUT2D eigenvalue weighted by molar-refractivity contribution is 6.01. The summed E-state index contributed by atoms with van der Waals surface area (Å²) in [7, 11) is 3.05. The van der Waals surface area contributed by atoms with Gasteiger partial charge < -0.3 is 16.0 Å². The SMILES string of the molecule is CNC(=O)CN=CC(C=NCNC(C)=O)C=NCC(=O)NC. The summed E-state index contributed by atoms with van der Waals surface area (Å²) >= 11 is 0. The zero-order valence-corrected chi connectivity index (χ0v) is 13.0. The van der Waals surface area contributed by atoms with Crippen molar-refractivity contribution < 1.29 is 14.4 Å². The molecule has 9 heteroatoms. The normalized spacial score (nSPS) is 12.7. The third-order valence-electron chi connectivity index (χ3n) is 2.28. The zero-order chi connectivity index (χ0) is 16.8. The molecule has 0 aromatic heterocycles. The molecule has 3 amide bonds. The van der Waals surface area contributed by atoms with Crippen LogP contribution in [0.1, 0.15) is 6.92 Å². The molecule has 0 radical (unpaired) electrons. The number of amides is 3. The monoisotopic (exact) mass is 310 g/mol. The first kappa shape index (κ1) is 19.4. The van der Waals surface area contributed by atoms with E-state index in [1.807, 2.05) is 0 Å². The number of rotatable bonds is 9. The van der Waals surface area contributed by atoms with Crippen LogP contribution in [0.25, 0.3) is 0 Å². The number of carbonyl (C=O) groups is 3. The molecule has 0 spiro atoms. The van der Waals surface area contributed by atoms with E-state index in [1.54, 1.807) is 0 Å². The molecule has 0 saturated heterocycles. The van der Waals surface area contributed by atoms with Crippen LogP contribution in [0.3, 0.4) is 0 Å². The van der Waals surface area contributed by atoms with E-state index in [-0.39, 0.29) is 43.4 Å². The van der Waals surface area contributed by atoms with Crippen molar-refractivity contribution in [1.82, 2.24) is 16.0 Å². The molecular weight excluding hydrogens is 288 g/mol. The second kappa shape index (κ2) is 12.2. The summed E-state index contributed by atoms with van der Waals surface area (Å²) in [5.41, 5.74) is 0. The van der Waals surface area contributed by atoms with Gasteiger partial charge in [-0.2, -0.15) is 0 Å². The summed E-state index contributed by atoms with van der Waals surface area (Å²) in [5, 5.41) is 7.41. The van der Waals surface area contributed by atoms with Crippen molar-refractivity contribution in [1.29, 1.82) is 0 Å². The first-order valence-corrected chi connectivity index (χ1v) is 6.65. The van der Waals surface area contributed by atoms with E-state index >= 15 is 0 Å². The molecule has 0 unspecified atom stereocenters. The van der Waals surface area contributed by atoms with E-state index in [9.17, 15) is 14.4 Å². The van der Waals surface area contributed by atoms with E-state index in [2.05, 4.69) is 30.9 Å². The Balaban J connectivity index is 4.57. The van der Waals surface area contributed by atoms with Gasteiger partial charge in [-0.3, -0.25) is 29.4 Å². The van der Waals surface area contributed by atoms with Gasteiger partial charge in [0.25, 0.3) is 0 Å². The molecule has 0 aromatic carbocycles. The fourth-order valence-electron chi connectivity index (χ4n) is 1.12. The van der Waals surface area contributed by atoms with Crippen LogP contribution in [-0.2, 0) is 14.4 Å². The molecule has 3 N–H and O–H groups in total. The number of nitrogens with one attached hydrogen (secondary N) is 3. The molecule has 0 rings (SSSR count). The minimum Gasteiger partial charge on any atom is -0.358 e. The summed E-state index contributed by atoms with van der Waals surface area (Å²) < 4.78 is 0. The Morgan fingerprint density at radius 2 is 1.36 bits per heavy atom. The minimum atomic E-state index is -0.372. The van der Waals surface area contributed by atoms with Gasteiger partial charge in [-0.15, -0.1) is 0 Å². The van der Waals surface area contributed by atoms with Crippen LogP contribution in [-0.4, -0.2) is 70.2 Å². The number of hydrogen-bond donors (Lipinski definition) is 3. The molecule has 0 aromatic rings. The van der Waals surface area contributed by atoms with Crippen LogP contribution in [0.4, 0.5) is 0 Å². The predicted octanol–water partition coefficient (Wildman–Crippen LogP) is -1.60. The summed E-state index contributed by atoms with van der Waals surface area (Å²) in [6, 6.07) is 0. The van der Waals surface area contributed by atoms with E-state index in [1.165, 1.54) is 39.7 Å². The third kappa shape index (κ3) is 11.3. The molecule has 122 valence electrons. The van der Waals surface area contributed by atoms with Gasteiger partial charge in [0, 0.05) is 39.7 Å². The lowest BCUT2D eigenvalue weighted by molar-refractivity contribution is -0.120. The fraction of sp³-hybridized carbons (Fsp3) is 0.538. The Kier molecular flexibility index (Phi) is 10.8. The molecule has 0 aliphatic heterocycles. The van der Waals surface area contributed by atoms with Gasteiger partial charge in [0.15, 0.2) is 0 Å². The highest BCUT2D eigenvalue weighted by Crippen LogP contribution is 1.87. The molecule has 0 aliphatic carbocycles. The van der Waals surface area contributed by atoms with Crippen LogP contribution < -0.4 is 16.0 Å². The Morgan fingerprint density at radius 1 is 0.909 bits per heavy atom. The lowest BCUT2D eigenvalue weighted by Crippen LogP contribution is -2.22. The molecule has 0 saturated carbocycles. The van der Waals surface area contributed by atoms with Crippen LogP contribution in [0.15, 0.2) is 15.0 Å². The van der Waals surface area contributed by atoms with Crippen molar-refractivity contribution in [3.63, 3.8) is 0 Å². The van der Waals surface area contributed by atoms with Crippen LogP contribution >= 0.6 is 0 Å². The first-order chi connectivity index (χ1) is 10.5. The van der Waals surface area contributed by atoms with E-state index in [0.717, 1.165) is 0 Å². The van der Waals surface area contributed by atoms with Gasteiger partial charge in [-0.05, 0) is 0 Å². The second-order valence-electron chi connectivity index (χ2n) is 4.13. The Hall–Kier alpha value is -2.58. The van der Waals surface area contributed by atoms with Gasteiger partial charge in [0.2, 0.25) is 17.7 Å². The van der Waals surface area contributed by atoms with Crippen molar-refractivity contribution in [3.8, 4) is 0 Å². The highest BCUT2D eigenvalue weighted by atomic mass is 16.2. The Bertz CT molecular complexity index is 431. The number of likely N-dealkylation sites (N-methyl/N-ethyl adjacent to an activating group) is 2. The molecule has 0 atom stereocenters. The maximum Gasteiger partial charge on any atom is 0.241 e. The number of aliphatic imine (C=N–C) groups is 3. The van der Waals surface area contributed by atoms with E-state index < -0.39 is 0 Å². The minimum absolute atomic E-state index is 0.00414.